The molecule has 0 amide bonds. The fraction of sp³-hybridized carbons (Fsp3) is 0.125. The number of aromatic amines is 2. The monoisotopic (exact) mass is 517 g/mol. The van der Waals surface area contributed by atoms with Crippen LogP contribution >= 0.6 is 11.6 Å². The summed E-state index contributed by atoms with van der Waals surface area (Å²) >= 11 is 5.99. The van der Waals surface area contributed by atoms with Crippen molar-refractivity contribution in [3.05, 3.63) is 104 Å². The largest absolute Gasteiger partial charge is 0.439 e. The standard InChI is InChI=1S/C24H20ClN9O3/c1-2-33-23(35)28-22(34(24(33)36)14-15-6-8-16(25)9-7-15)26-17-10-12-18(13-11-17)37-20-5-3-4-19(27-20)21-29-31-32-30-21/h3-13H,2,14H2,1H3,(H,26,28,35)(H,29,30,31,32). The first kappa shape index (κ1) is 23.9. The summed E-state index contributed by atoms with van der Waals surface area (Å²) in [6.45, 7) is 2.16. The summed E-state index contributed by atoms with van der Waals surface area (Å²) in [6.07, 6.45) is 0. The minimum Gasteiger partial charge on any atom is -0.439 e. The molecule has 0 aliphatic rings. The lowest BCUT2D eigenvalue weighted by Gasteiger charge is -2.10. The molecule has 2 N–H and O–H groups in total. The highest BCUT2D eigenvalue weighted by molar-refractivity contribution is 6.30. The SMILES string of the molecule is CCn1c(=O)[nH]/c(=N\c2ccc(Oc3cccc(-c4nnn[nH]4)n3)cc2)n(Cc2ccc(Cl)cc2)c1=O. The molecule has 0 spiro atoms. The van der Waals surface area contributed by atoms with Gasteiger partial charge in [0.1, 0.15) is 11.4 Å². The van der Waals surface area contributed by atoms with Gasteiger partial charge in [-0.25, -0.2) is 29.2 Å². The van der Waals surface area contributed by atoms with Gasteiger partial charge >= 0.3 is 11.4 Å². The molecule has 0 saturated carbocycles. The second-order valence-corrected chi connectivity index (χ2v) is 8.25. The minimum atomic E-state index is -0.536. The van der Waals surface area contributed by atoms with Crippen molar-refractivity contribution in [2.45, 2.75) is 20.0 Å². The third-order valence-corrected chi connectivity index (χ3v) is 5.61. The lowest BCUT2D eigenvalue weighted by atomic mass is 10.2. The van der Waals surface area contributed by atoms with Gasteiger partial charge in [-0.3, -0.25) is 9.55 Å². The highest BCUT2D eigenvalue weighted by Crippen LogP contribution is 2.24. The van der Waals surface area contributed by atoms with Gasteiger partial charge in [-0.15, -0.1) is 5.10 Å². The first-order valence-corrected chi connectivity index (χ1v) is 11.6. The summed E-state index contributed by atoms with van der Waals surface area (Å²) in [5.74, 6) is 1.29. The van der Waals surface area contributed by atoms with Crippen LogP contribution in [0.2, 0.25) is 5.02 Å². The average Bonchev–Trinajstić information content (AvgIpc) is 3.44. The summed E-state index contributed by atoms with van der Waals surface area (Å²) in [6, 6.07) is 19.2. The Labute approximate surface area is 213 Å². The Morgan fingerprint density at radius 3 is 2.49 bits per heavy atom. The molecule has 5 rings (SSSR count). The zero-order valence-electron chi connectivity index (χ0n) is 19.5. The van der Waals surface area contributed by atoms with Crippen LogP contribution in [0.4, 0.5) is 5.69 Å². The molecule has 0 radical (unpaired) electrons. The van der Waals surface area contributed by atoms with E-state index in [4.69, 9.17) is 16.3 Å². The Kier molecular flexibility index (Phi) is 6.72. The molecular formula is C24H20ClN9O3. The van der Waals surface area contributed by atoms with Crippen molar-refractivity contribution in [1.82, 2.24) is 39.7 Å². The van der Waals surface area contributed by atoms with Crippen molar-refractivity contribution in [2.24, 2.45) is 4.99 Å². The van der Waals surface area contributed by atoms with E-state index in [1.54, 1.807) is 61.5 Å². The predicted octanol–water partition coefficient (Wildman–Crippen LogP) is 2.66. The number of pyridine rings is 1. The fourth-order valence-electron chi connectivity index (χ4n) is 3.54. The Morgan fingerprint density at radius 1 is 1.00 bits per heavy atom. The zero-order valence-corrected chi connectivity index (χ0v) is 20.3. The molecule has 0 atom stereocenters. The third-order valence-electron chi connectivity index (χ3n) is 5.36. The Bertz CT molecular complexity index is 1710. The number of tetrazole rings is 1. The van der Waals surface area contributed by atoms with Gasteiger partial charge in [-0.05, 0) is 65.4 Å². The maximum absolute atomic E-state index is 13.1. The first-order valence-electron chi connectivity index (χ1n) is 11.2. The van der Waals surface area contributed by atoms with Gasteiger partial charge in [0.15, 0.2) is 5.82 Å². The number of halogens is 1. The quantitative estimate of drug-likeness (QED) is 0.337. The van der Waals surface area contributed by atoms with E-state index in [1.165, 1.54) is 4.57 Å². The molecule has 186 valence electrons. The van der Waals surface area contributed by atoms with Crippen LogP contribution < -0.4 is 21.7 Å². The fourth-order valence-corrected chi connectivity index (χ4v) is 3.66. The van der Waals surface area contributed by atoms with Crippen molar-refractivity contribution in [3.63, 3.8) is 0 Å². The van der Waals surface area contributed by atoms with Crippen molar-refractivity contribution >= 4 is 17.3 Å². The Balaban J connectivity index is 1.45. The minimum absolute atomic E-state index is 0.123. The molecule has 12 nitrogen and oxygen atoms in total. The van der Waals surface area contributed by atoms with Crippen LogP contribution in [0.25, 0.3) is 11.5 Å². The molecule has 3 aromatic heterocycles. The number of nitrogens with zero attached hydrogens (tertiary/aromatic N) is 7. The molecule has 0 aliphatic carbocycles. The number of nitrogens with one attached hydrogen (secondary N) is 2. The van der Waals surface area contributed by atoms with E-state index in [-0.39, 0.29) is 18.7 Å². The molecule has 13 heteroatoms. The van der Waals surface area contributed by atoms with Crippen LogP contribution in [0, 0.1) is 0 Å². The van der Waals surface area contributed by atoms with E-state index in [0.29, 0.717) is 33.9 Å². The van der Waals surface area contributed by atoms with E-state index in [1.807, 2.05) is 12.1 Å². The lowest BCUT2D eigenvalue weighted by molar-refractivity contribution is 0.463. The topological polar surface area (TPSA) is 149 Å². The van der Waals surface area contributed by atoms with Crippen LogP contribution in [-0.4, -0.2) is 39.7 Å². The van der Waals surface area contributed by atoms with E-state index < -0.39 is 11.4 Å². The number of benzene rings is 2. The number of ether oxygens (including phenoxy) is 1. The summed E-state index contributed by atoms with van der Waals surface area (Å²) < 4.78 is 8.36. The smallest absolute Gasteiger partial charge is 0.335 e. The molecule has 37 heavy (non-hydrogen) atoms. The number of hydrogen-bond acceptors (Lipinski definition) is 8. The Morgan fingerprint density at radius 2 is 1.78 bits per heavy atom. The number of aromatic nitrogens is 8. The van der Waals surface area contributed by atoms with Gasteiger partial charge in [0.2, 0.25) is 11.5 Å². The highest BCUT2D eigenvalue weighted by atomic mass is 35.5. The second-order valence-electron chi connectivity index (χ2n) is 7.81. The van der Waals surface area contributed by atoms with E-state index in [9.17, 15) is 9.59 Å². The molecule has 2 aromatic carbocycles. The van der Waals surface area contributed by atoms with Crippen molar-refractivity contribution in [3.8, 4) is 23.1 Å². The molecule has 0 aliphatic heterocycles. The zero-order chi connectivity index (χ0) is 25.8. The number of rotatable bonds is 7. The van der Waals surface area contributed by atoms with Gasteiger partial charge in [-0.1, -0.05) is 29.8 Å². The normalized spacial score (nSPS) is 11.6. The van der Waals surface area contributed by atoms with Crippen LogP contribution in [0.3, 0.4) is 0 Å². The highest BCUT2D eigenvalue weighted by Gasteiger charge is 2.10. The average molecular weight is 518 g/mol. The van der Waals surface area contributed by atoms with E-state index >= 15 is 0 Å². The summed E-state index contributed by atoms with van der Waals surface area (Å²) in [4.78, 5) is 37.1. The van der Waals surface area contributed by atoms with Gasteiger partial charge in [0.05, 0.1) is 12.2 Å². The number of hydrogen-bond donors (Lipinski definition) is 2. The van der Waals surface area contributed by atoms with Crippen LogP contribution in [0.1, 0.15) is 12.5 Å². The lowest BCUT2D eigenvalue weighted by Crippen LogP contribution is -2.49. The van der Waals surface area contributed by atoms with Crippen molar-refractivity contribution in [2.75, 3.05) is 0 Å². The van der Waals surface area contributed by atoms with Crippen LogP contribution in [0.15, 0.2) is 81.3 Å². The molecule has 0 saturated heterocycles. The Hall–Kier alpha value is -4.84. The maximum Gasteiger partial charge on any atom is 0.335 e. The predicted molar refractivity (Wildman–Crippen MR) is 135 cm³/mol. The summed E-state index contributed by atoms with van der Waals surface area (Å²) in [7, 11) is 0. The summed E-state index contributed by atoms with van der Waals surface area (Å²) in [5.41, 5.74) is 0.996. The molecule has 0 unspecified atom stereocenters. The van der Waals surface area contributed by atoms with Gasteiger partial charge in [0.25, 0.3) is 0 Å². The maximum atomic E-state index is 13.1. The molecule has 3 heterocycles. The molecular weight excluding hydrogens is 498 g/mol. The van der Waals surface area contributed by atoms with Crippen molar-refractivity contribution in [1.29, 1.82) is 0 Å². The van der Waals surface area contributed by atoms with Gasteiger partial charge in [0, 0.05) is 17.6 Å². The second kappa shape index (κ2) is 10.4. The van der Waals surface area contributed by atoms with Gasteiger partial charge < -0.3 is 4.74 Å². The molecule has 0 fully saturated rings. The number of H-pyrrole nitrogens is 2. The summed E-state index contributed by atoms with van der Waals surface area (Å²) in [5, 5.41) is 14.2. The van der Waals surface area contributed by atoms with E-state index in [0.717, 1.165) is 10.1 Å². The van der Waals surface area contributed by atoms with Gasteiger partial charge in [-0.2, -0.15) is 0 Å². The first-order chi connectivity index (χ1) is 18.0. The van der Waals surface area contributed by atoms with Crippen LogP contribution in [-0.2, 0) is 13.1 Å². The van der Waals surface area contributed by atoms with E-state index in [2.05, 4.69) is 35.6 Å². The van der Waals surface area contributed by atoms with Crippen LogP contribution in [0.5, 0.6) is 11.6 Å². The third kappa shape index (κ3) is 5.38. The molecule has 0 bridgehead atoms. The van der Waals surface area contributed by atoms with Crippen molar-refractivity contribution < 1.29 is 4.74 Å². The molecule has 5 aromatic rings.